The molecular weight excluding hydrogens is 272 g/mol. The second kappa shape index (κ2) is 7.58. The molecule has 0 radical (unpaired) electrons. The summed E-state index contributed by atoms with van der Waals surface area (Å²) < 4.78 is 0. The van der Waals surface area contributed by atoms with Crippen molar-refractivity contribution in [2.45, 2.75) is 74.7 Å². The summed E-state index contributed by atoms with van der Waals surface area (Å²) in [5.41, 5.74) is 3.19. The van der Waals surface area contributed by atoms with Crippen molar-refractivity contribution in [2.75, 3.05) is 5.75 Å². The number of nitrogens with two attached hydrogens (primary N) is 1. The summed E-state index contributed by atoms with van der Waals surface area (Å²) in [5, 5.41) is 2.24. The van der Waals surface area contributed by atoms with Crippen LogP contribution in [0, 0.1) is 11.8 Å². The Morgan fingerprint density at radius 2 is 2.05 bits per heavy atom. The van der Waals surface area contributed by atoms with Crippen LogP contribution in [0.2, 0.25) is 0 Å². The first-order valence-corrected chi connectivity index (χ1v) is 9.88. The van der Waals surface area contributed by atoms with Crippen LogP contribution in [-0.2, 0) is 0 Å². The zero-order chi connectivity index (χ0) is 13.8. The Bertz CT molecular complexity index is 269. The van der Waals surface area contributed by atoms with Gasteiger partial charge in [-0.3, -0.25) is 11.3 Å². The van der Waals surface area contributed by atoms with Crippen LogP contribution in [-0.4, -0.2) is 27.5 Å². The largest absolute Gasteiger partial charge is 0.271 e. The van der Waals surface area contributed by atoms with Gasteiger partial charge < -0.3 is 0 Å². The van der Waals surface area contributed by atoms with Gasteiger partial charge in [-0.1, -0.05) is 40.0 Å². The average molecular weight is 303 g/mol. The number of hydrogen-bond acceptors (Lipinski definition) is 4. The van der Waals surface area contributed by atoms with Crippen molar-refractivity contribution in [3.05, 3.63) is 0 Å². The lowest BCUT2D eigenvalue weighted by atomic mass is 9.76. The molecule has 2 fully saturated rings. The molecule has 2 rings (SSSR count). The van der Waals surface area contributed by atoms with E-state index in [9.17, 15) is 0 Å². The van der Waals surface area contributed by atoms with Crippen LogP contribution < -0.4 is 11.3 Å². The molecule has 3 N–H and O–H groups in total. The van der Waals surface area contributed by atoms with E-state index in [-0.39, 0.29) is 0 Å². The number of thioether (sulfide) groups is 2. The topological polar surface area (TPSA) is 38.0 Å². The van der Waals surface area contributed by atoms with Crippen LogP contribution in [0.4, 0.5) is 0 Å². The zero-order valence-corrected chi connectivity index (χ0v) is 14.2. The molecule has 2 aliphatic rings. The quantitative estimate of drug-likeness (QED) is 0.614. The first-order valence-electron chi connectivity index (χ1n) is 7.88. The van der Waals surface area contributed by atoms with Gasteiger partial charge in [0.25, 0.3) is 0 Å². The van der Waals surface area contributed by atoms with Gasteiger partial charge in [0, 0.05) is 27.5 Å². The van der Waals surface area contributed by atoms with Gasteiger partial charge in [-0.2, -0.15) is 23.5 Å². The highest BCUT2D eigenvalue weighted by atomic mass is 32.2. The number of rotatable bonds is 4. The SMILES string of the molecule is CCC1CCCC(C(NN)C2CSC(C)C(C)S2)C1. The van der Waals surface area contributed by atoms with Crippen molar-refractivity contribution in [1.29, 1.82) is 0 Å². The minimum atomic E-state index is 0.516. The maximum atomic E-state index is 5.93. The maximum absolute atomic E-state index is 5.93. The Labute approximate surface area is 127 Å². The van der Waals surface area contributed by atoms with Gasteiger partial charge in [0.2, 0.25) is 0 Å². The molecule has 0 bridgehead atoms. The molecule has 0 aromatic carbocycles. The molecule has 112 valence electrons. The summed E-state index contributed by atoms with van der Waals surface area (Å²) in [6, 6.07) is 0.516. The molecule has 1 aliphatic carbocycles. The van der Waals surface area contributed by atoms with Crippen LogP contribution >= 0.6 is 23.5 Å². The fourth-order valence-electron chi connectivity index (χ4n) is 3.57. The lowest BCUT2D eigenvalue weighted by Crippen LogP contribution is -2.51. The van der Waals surface area contributed by atoms with Crippen LogP contribution in [0.5, 0.6) is 0 Å². The summed E-state index contributed by atoms with van der Waals surface area (Å²) in [5.74, 6) is 8.92. The predicted octanol–water partition coefficient (Wildman–Crippen LogP) is 3.66. The standard InChI is InChI=1S/C15H30N2S2/c1-4-12-6-5-7-13(8-12)15(17-16)14-9-18-10(2)11(3)19-14/h10-15,17H,4-9,16H2,1-3H3. The van der Waals surface area contributed by atoms with E-state index in [4.69, 9.17) is 5.84 Å². The summed E-state index contributed by atoms with van der Waals surface area (Å²) >= 11 is 4.30. The highest BCUT2D eigenvalue weighted by molar-refractivity contribution is 8.07. The lowest BCUT2D eigenvalue weighted by Gasteiger charge is -2.41. The predicted molar refractivity (Wildman–Crippen MR) is 89.6 cm³/mol. The van der Waals surface area contributed by atoms with Gasteiger partial charge in [-0.15, -0.1) is 0 Å². The molecule has 4 heteroatoms. The molecule has 1 saturated heterocycles. The zero-order valence-electron chi connectivity index (χ0n) is 12.6. The maximum Gasteiger partial charge on any atom is 0.0365 e. The summed E-state index contributed by atoms with van der Waals surface area (Å²) in [7, 11) is 0. The molecule has 0 spiro atoms. The molecule has 0 aromatic rings. The first-order chi connectivity index (χ1) is 9.15. The Hall–Kier alpha value is 0.620. The minimum absolute atomic E-state index is 0.516. The Kier molecular flexibility index (Phi) is 6.38. The first kappa shape index (κ1) is 16.0. The number of hydrogen-bond donors (Lipinski definition) is 2. The molecule has 19 heavy (non-hydrogen) atoms. The molecule has 1 saturated carbocycles. The van der Waals surface area contributed by atoms with E-state index in [1.54, 1.807) is 0 Å². The lowest BCUT2D eigenvalue weighted by molar-refractivity contribution is 0.208. The molecule has 6 unspecified atom stereocenters. The van der Waals surface area contributed by atoms with Gasteiger partial charge >= 0.3 is 0 Å². The minimum Gasteiger partial charge on any atom is -0.271 e. The van der Waals surface area contributed by atoms with Crippen molar-refractivity contribution >= 4 is 23.5 Å². The molecule has 0 amide bonds. The summed E-state index contributed by atoms with van der Waals surface area (Å²) in [4.78, 5) is 0. The Morgan fingerprint density at radius 1 is 1.26 bits per heavy atom. The van der Waals surface area contributed by atoms with E-state index in [1.807, 2.05) is 0 Å². The van der Waals surface area contributed by atoms with Crippen LogP contribution in [0.25, 0.3) is 0 Å². The van der Waals surface area contributed by atoms with Gasteiger partial charge in [0.1, 0.15) is 0 Å². The summed E-state index contributed by atoms with van der Waals surface area (Å²) in [6.07, 6.45) is 6.93. The smallest absolute Gasteiger partial charge is 0.0365 e. The molecular formula is C15H30N2S2. The van der Waals surface area contributed by atoms with Crippen molar-refractivity contribution in [1.82, 2.24) is 5.43 Å². The van der Waals surface area contributed by atoms with Gasteiger partial charge in [-0.05, 0) is 24.7 Å². The average Bonchev–Trinajstić information content (AvgIpc) is 2.44. The van der Waals surface area contributed by atoms with Crippen molar-refractivity contribution in [2.24, 2.45) is 17.7 Å². The van der Waals surface area contributed by atoms with Crippen LogP contribution in [0.3, 0.4) is 0 Å². The number of hydrazine groups is 1. The van der Waals surface area contributed by atoms with Gasteiger partial charge in [0.05, 0.1) is 0 Å². The summed E-state index contributed by atoms with van der Waals surface area (Å²) in [6.45, 7) is 7.07. The van der Waals surface area contributed by atoms with E-state index in [0.29, 0.717) is 11.3 Å². The van der Waals surface area contributed by atoms with E-state index in [0.717, 1.165) is 22.3 Å². The fraction of sp³-hybridized carbons (Fsp3) is 1.00. The second-order valence-electron chi connectivity index (χ2n) is 6.31. The van der Waals surface area contributed by atoms with Crippen LogP contribution in [0.1, 0.15) is 52.9 Å². The Morgan fingerprint density at radius 3 is 2.68 bits per heavy atom. The third-order valence-corrected chi connectivity index (χ3v) is 8.59. The Balaban J connectivity index is 1.95. The van der Waals surface area contributed by atoms with Crippen molar-refractivity contribution in [3.63, 3.8) is 0 Å². The van der Waals surface area contributed by atoms with E-state index < -0.39 is 0 Å². The molecule has 6 atom stereocenters. The van der Waals surface area contributed by atoms with E-state index in [1.165, 1.54) is 37.9 Å². The molecule has 1 heterocycles. The van der Waals surface area contributed by atoms with E-state index in [2.05, 4.69) is 49.7 Å². The third kappa shape index (κ3) is 4.05. The highest BCUT2D eigenvalue weighted by Crippen LogP contribution is 2.41. The van der Waals surface area contributed by atoms with Gasteiger partial charge in [-0.25, -0.2) is 0 Å². The third-order valence-electron chi connectivity index (χ3n) is 5.08. The van der Waals surface area contributed by atoms with Crippen molar-refractivity contribution in [3.8, 4) is 0 Å². The molecule has 1 aliphatic heterocycles. The van der Waals surface area contributed by atoms with Gasteiger partial charge in [0.15, 0.2) is 0 Å². The number of nitrogens with one attached hydrogen (secondary N) is 1. The van der Waals surface area contributed by atoms with E-state index >= 15 is 0 Å². The second-order valence-corrected chi connectivity index (χ2v) is 9.34. The normalized spacial score (nSPS) is 42.0. The monoisotopic (exact) mass is 302 g/mol. The highest BCUT2D eigenvalue weighted by Gasteiger charge is 2.36. The molecule has 0 aromatic heterocycles. The molecule has 2 nitrogen and oxygen atoms in total. The van der Waals surface area contributed by atoms with Crippen molar-refractivity contribution < 1.29 is 0 Å². The fourth-order valence-corrected chi connectivity index (χ4v) is 6.77. The van der Waals surface area contributed by atoms with Crippen LogP contribution in [0.15, 0.2) is 0 Å².